The van der Waals surface area contributed by atoms with Gasteiger partial charge in [0.05, 0.1) is 18.8 Å². The molecule has 2 heterocycles. The number of aryl methyl sites for hydroxylation is 1. The van der Waals surface area contributed by atoms with E-state index < -0.39 is 0 Å². The summed E-state index contributed by atoms with van der Waals surface area (Å²) in [4.78, 5) is 18.7. The van der Waals surface area contributed by atoms with Crippen LogP contribution >= 0.6 is 11.3 Å². The minimum atomic E-state index is -0.253. The average molecular weight is 415 g/mol. The number of hydrogen-bond acceptors (Lipinski definition) is 4. The Balaban J connectivity index is 1.77. The molecule has 0 radical (unpaired) electrons. The van der Waals surface area contributed by atoms with E-state index in [-0.39, 0.29) is 17.8 Å². The normalized spacial score (nSPS) is 11.4. The minimum Gasteiger partial charge on any atom is -0.353 e. The third kappa shape index (κ3) is 5.10. The van der Waals surface area contributed by atoms with Crippen LogP contribution in [0, 0.1) is 19.7 Å². The van der Waals surface area contributed by atoms with E-state index in [1.807, 2.05) is 55.7 Å². The first-order chi connectivity index (χ1) is 13.7. The predicted molar refractivity (Wildman–Crippen MR) is 116 cm³/mol. The summed E-state index contributed by atoms with van der Waals surface area (Å²) in [6.45, 7) is 8.88. The van der Waals surface area contributed by atoms with Crippen molar-refractivity contribution in [2.24, 2.45) is 0 Å². The van der Waals surface area contributed by atoms with Crippen LogP contribution in [0.5, 0.6) is 0 Å². The van der Waals surface area contributed by atoms with Crippen LogP contribution in [0.3, 0.4) is 0 Å². The summed E-state index contributed by atoms with van der Waals surface area (Å²) < 4.78 is 15.7. The summed E-state index contributed by atoms with van der Waals surface area (Å²) >= 11 is 1.58. The van der Waals surface area contributed by atoms with E-state index in [9.17, 15) is 9.18 Å². The summed E-state index contributed by atoms with van der Waals surface area (Å²) in [5.74, 6) is -0.241. The summed E-state index contributed by atoms with van der Waals surface area (Å²) in [5, 5.41) is 5.89. The molecule has 0 fully saturated rings. The van der Waals surface area contributed by atoms with Crippen LogP contribution in [0.1, 0.15) is 30.2 Å². The van der Waals surface area contributed by atoms with Gasteiger partial charge >= 0.3 is 0 Å². The van der Waals surface area contributed by atoms with Crippen molar-refractivity contribution in [3.8, 4) is 16.9 Å². The summed E-state index contributed by atoms with van der Waals surface area (Å²) in [6, 6.07) is 8.82. The number of hydrogen-bond donors (Lipinski definition) is 1. The van der Waals surface area contributed by atoms with E-state index in [1.165, 1.54) is 12.1 Å². The first-order valence-electron chi connectivity index (χ1n) is 9.62. The molecule has 0 unspecified atom stereocenters. The van der Waals surface area contributed by atoms with E-state index in [1.54, 1.807) is 17.4 Å². The molecule has 5 nitrogen and oxygen atoms in total. The molecular formula is C22H27FN4OS. The molecule has 0 aliphatic heterocycles. The van der Waals surface area contributed by atoms with Crippen LogP contribution in [0.4, 0.5) is 4.39 Å². The zero-order chi connectivity index (χ0) is 21.1. The number of thiazole rings is 1. The van der Waals surface area contributed by atoms with Gasteiger partial charge in [-0.05, 0) is 59.0 Å². The molecule has 3 aromatic rings. The fourth-order valence-electron chi connectivity index (χ4n) is 3.44. The lowest BCUT2D eigenvalue weighted by Crippen LogP contribution is -2.38. The largest absolute Gasteiger partial charge is 0.353 e. The van der Waals surface area contributed by atoms with Crippen molar-refractivity contribution in [2.45, 2.75) is 40.3 Å². The molecule has 2 aromatic heterocycles. The van der Waals surface area contributed by atoms with Gasteiger partial charge in [0.2, 0.25) is 5.91 Å². The highest BCUT2D eigenvalue weighted by atomic mass is 32.1. The molecule has 29 heavy (non-hydrogen) atoms. The Hall–Kier alpha value is -2.51. The lowest BCUT2D eigenvalue weighted by atomic mass is 10.2. The number of carbonyl (C=O) groups excluding carboxylic acids is 1. The standard InChI is InChI=1S/C22H27FN4OS/c1-14(2)24-21(28)11-26(5)12-22-25-20(13-29-22)19-9-15(3)27(16(19)4)18-8-6-7-17(23)10-18/h6-10,13-14H,11-12H2,1-5H3,(H,24,28). The van der Waals surface area contributed by atoms with E-state index in [0.29, 0.717) is 13.1 Å². The molecule has 154 valence electrons. The molecule has 1 aromatic carbocycles. The van der Waals surface area contributed by atoms with E-state index in [4.69, 9.17) is 4.98 Å². The Morgan fingerprint density at radius 1 is 1.31 bits per heavy atom. The molecule has 0 saturated carbocycles. The van der Waals surface area contributed by atoms with E-state index in [0.717, 1.165) is 33.3 Å². The highest BCUT2D eigenvalue weighted by Gasteiger charge is 2.16. The summed E-state index contributed by atoms with van der Waals surface area (Å²) in [7, 11) is 1.91. The second-order valence-corrected chi connectivity index (χ2v) is 8.56. The van der Waals surface area contributed by atoms with Crippen LogP contribution in [-0.2, 0) is 11.3 Å². The number of halogens is 1. The zero-order valence-electron chi connectivity index (χ0n) is 17.5. The van der Waals surface area contributed by atoms with Crippen molar-refractivity contribution in [3.63, 3.8) is 0 Å². The van der Waals surface area contributed by atoms with Gasteiger partial charge in [0.25, 0.3) is 0 Å². The van der Waals surface area contributed by atoms with Crippen LogP contribution < -0.4 is 5.32 Å². The van der Waals surface area contributed by atoms with Crippen LogP contribution in [-0.4, -0.2) is 40.0 Å². The molecule has 0 atom stereocenters. The molecular weight excluding hydrogens is 387 g/mol. The second kappa shape index (κ2) is 8.88. The van der Waals surface area contributed by atoms with Crippen molar-refractivity contribution in [2.75, 3.05) is 13.6 Å². The highest BCUT2D eigenvalue weighted by molar-refractivity contribution is 7.09. The Morgan fingerprint density at radius 3 is 2.76 bits per heavy atom. The van der Waals surface area contributed by atoms with Crippen LogP contribution in [0.25, 0.3) is 16.9 Å². The van der Waals surface area contributed by atoms with Gasteiger partial charge in [0, 0.05) is 34.1 Å². The van der Waals surface area contributed by atoms with Crippen molar-refractivity contribution in [1.29, 1.82) is 0 Å². The average Bonchev–Trinajstić information content (AvgIpc) is 3.17. The van der Waals surface area contributed by atoms with Crippen molar-refractivity contribution in [1.82, 2.24) is 19.8 Å². The smallest absolute Gasteiger partial charge is 0.234 e. The number of aromatic nitrogens is 2. The number of nitrogens with zero attached hydrogens (tertiary/aromatic N) is 3. The Morgan fingerprint density at radius 2 is 2.07 bits per heavy atom. The first-order valence-corrected chi connectivity index (χ1v) is 10.5. The fourth-order valence-corrected chi connectivity index (χ4v) is 4.31. The van der Waals surface area contributed by atoms with Crippen molar-refractivity contribution < 1.29 is 9.18 Å². The van der Waals surface area contributed by atoms with Gasteiger partial charge in [0.15, 0.2) is 0 Å². The molecule has 0 aliphatic rings. The van der Waals surface area contributed by atoms with Crippen LogP contribution in [0.2, 0.25) is 0 Å². The molecule has 0 spiro atoms. The third-order valence-corrected chi connectivity index (χ3v) is 5.43. The van der Waals surface area contributed by atoms with Gasteiger partial charge in [0.1, 0.15) is 10.8 Å². The fraction of sp³-hybridized carbons (Fsp3) is 0.364. The lowest BCUT2D eigenvalue weighted by molar-refractivity contribution is -0.122. The number of rotatable bonds is 7. The lowest BCUT2D eigenvalue weighted by Gasteiger charge is -2.16. The molecule has 0 bridgehead atoms. The van der Waals surface area contributed by atoms with Gasteiger partial charge in [-0.25, -0.2) is 9.37 Å². The number of likely N-dealkylation sites (N-methyl/N-ethyl adjacent to an activating group) is 1. The van der Waals surface area contributed by atoms with E-state index >= 15 is 0 Å². The van der Waals surface area contributed by atoms with Crippen LogP contribution in [0.15, 0.2) is 35.7 Å². The van der Waals surface area contributed by atoms with Gasteiger partial charge in [-0.2, -0.15) is 0 Å². The summed E-state index contributed by atoms with van der Waals surface area (Å²) in [5.41, 5.74) is 4.79. The maximum atomic E-state index is 13.7. The number of carbonyl (C=O) groups is 1. The number of amides is 1. The van der Waals surface area contributed by atoms with Gasteiger partial charge in [-0.1, -0.05) is 6.07 Å². The minimum absolute atomic E-state index is 0.0120. The highest BCUT2D eigenvalue weighted by Crippen LogP contribution is 2.30. The Bertz CT molecular complexity index is 1010. The van der Waals surface area contributed by atoms with E-state index in [2.05, 4.69) is 11.4 Å². The molecule has 1 amide bonds. The first kappa shape index (κ1) is 21.2. The second-order valence-electron chi connectivity index (χ2n) is 7.62. The molecule has 1 N–H and O–H groups in total. The van der Waals surface area contributed by atoms with Crippen molar-refractivity contribution >= 4 is 17.2 Å². The topological polar surface area (TPSA) is 50.2 Å². The SMILES string of the molecule is Cc1cc(-c2csc(CN(C)CC(=O)NC(C)C)n2)c(C)n1-c1cccc(F)c1. The maximum absolute atomic E-state index is 13.7. The number of nitrogens with one attached hydrogen (secondary N) is 1. The molecule has 7 heteroatoms. The van der Waals surface area contributed by atoms with Gasteiger partial charge in [-0.3, -0.25) is 9.69 Å². The predicted octanol–water partition coefficient (Wildman–Crippen LogP) is 4.31. The Labute approximate surface area is 175 Å². The van der Waals surface area contributed by atoms with Gasteiger partial charge in [-0.15, -0.1) is 11.3 Å². The zero-order valence-corrected chi connectivity index (χ0v) is 18.3. The summed E-state index contributed by atoms with van der Waals surface area (Å²) in [6.07, 6.45) is 0. The molecule has 3 rings (SSSR count). The van der Waals surface area contributed by atoms with Gasteiger partial charge < -0.3 is 9.88 Å². The molecule has 0 aliphatic carbocycles. The monoisotopic (exact) mass is 414 g/mol. The third-order valence-electron chi connectivity index (χ3n) is 4.59. The molecule has 0 saturated heterocycles. The maximum Gasteiger partial charge on any atom is 0.234 e. The van der Waals surface area contributed by atoms with Crippen molar-refractivity contribution in [3.05, 3.63) is 57.9 Å². The number of benzene rings is 1. The quantitative estimate of drug-likeness (QED) is 0.627. The Kier molecular flexibility index (Phi) is 6.49.